The highest BCUT2D eigenvalue weighted by atomic mass is 16.2. The van der Waals surface area contributed by atoms with Crippen molar-refractivity contribution in [1.29, 1.82) is 0 Å². The molecule has 2 amide bonds. The van der Waals surface area contributed by atoms with Gasteiger partial charge in [-0.05, 0) is 29.5 Å². The van der Waals surface area contributed by atoms with Gasteiger partial charge in [0.05, 0.1) is 0 Å². The van der Waals surface area contributed by atoms with Crippen LogP contribution in [0.1, 0.15) is 53.0 Å². The Morgan fingerprint density at radius 3 is 2.07 bits per heavy atom. The second-order valence-electron chi connectivity index (χ2n) is 7.78. The molecule has 0 spiro atoms. The summed E-state index contributed by atoms with van der Waals surface area (Å²) in [7, 11) is 0. The lowest BCUT2D eigenvalue weighted by Gasteiger charge is -2.29. The van der Waals surface area contributed by atoms with E-state index in [0.29, 0.717) is 6.42 Å². The molecule has 3 heteroatoms. The lowest BCUT2D eigenvalue weighted by atomic mass is 9.93. The second-order valence-corrected chi connectivity index (χ2v) is 7.78. The zero-order valence-electron chi connectivity index (χ0n) is 17.2. The van der Waals surface area contributed by atoms with E-state index in [2.05, 4.69) is 36.4 Å². The first kappa shape index (κ1) is 20.9. The molecule has 2 aromatic rings. The monoisotopic (exact) mass is 365 g/mol. The topological polar surface area (TPSA) is 37.4 Å². The van der Waals surface area contributed by atoms with Crippen molar-refractivity contribution in [2.24, 2.45) is 5.41 Å². The summed E-state index contributed by atoms with van der Waals surface area (Å²) in [5, 5.41) is 0. The molecule has 0 aromatic heterocycles. The molecule has 3 rings (SSSR count). The van der Waals surface area contributed by atoms with Crippen LogP contribution in [0.5, 0.6) is 0 Å². The highest BCUT2D eigenvalue weighted by Crippen LogP contribution is 2.29. The molecule has 0 saturated carbocycles. The van der Waals surface area contributed by atoms with E-state index >= 15 is 0 Å². The number of hydrogen-bond acceptors (Lipinski definition) is 2. The summed E-state index contributed by atoms with van der Waals surface area (Å²) in [5.74, 6) is -0.105. The van der Waals surface area contributed by atoms with E-state index in [4.69, 9.17) is 0 Å². The number of likely N-dealkylation sites (tertiary alicyclic amines) is 1. The largest absolute Gasteiger partial charge is 0.279 e. The molecule has 0 bridgehead atoms. The maximum atomic E-state index is 12.6. The van der Waals surface area contributed by atoms with Crippen LogP contribution in [0.2, 0.25) is 0 Å². The Bertz CT molecular complexity index is 757. The third-order valence-electron chi connectivity index (χ3n) is 4.72. The fourth-order valence-electron chi connectivity index (χ4n) is 3.31. The van der Waals surface area contributed by atoms with Crippen LogP contribution < -0.4 is 0 Å². The van der Waals surface area contributed by atoms with Gasteiger partial charge in [0.15, 0.2) is 0 Å². The molecule has 2 aromatic carbocycles. The summed E-state index contributed by atoms with van der Waals surface area (Å²) >= 11 is 0. The van der Waals surface area contributed by atoms with Crippen molar-refractivity contribution in [2.45, 2.75) is 59.9 Å². The number of rotatable bonds is 3. The second kappa shape index (κ2) is 8.98. The van der Waals surface area contributed by atoms with Crippen LogP contribution >= 0.6 is 0 Å². The van der Waals surface area contributed by atoms with E-state index < -0.39 is 5.41 Å². The van der Waals surface area contributed by atoms with Gasteiger partial charge in [0, 0.05) is 17.9 Å². The molecule has 1 heterocycles. The maximum Gasteiger partial charge on any atom is 0.234 e. The fraction of sp³-hybridized carbons (Fsp3) is 0.417. The van der Waals surface area contributed by atoms with Crippen molar-refractivity contribution in [1.82, 2.24) is 4.90 Å². The number of amides is 2. The zero-order chi connectivity index (χ0) is 20.0. The van der Waals surface area contributed by atoms with E-state index in [0.717, 1.165) is 18.4 Å². The van der Waals surface area contributed by atoms with Gasteiger partial charge in [-0.3, -0.25) is 14.5 Å². The molecule has 1 saturated heterocycles. The normalized spacial score (nSPS) is 16.7. The first-order chi connectivity index (χ1) is 12.9. The standard InChI is InChI=1S/C22H25NO2.C2H6/c1-22(2,3)21(25)23-19(13-14-20(23)24)15-16-9-11-18(12-10-16)17-7-5-4-6-8-17;1-2/h4-12,19H,13-15H2,1-3H3;1-2H3/t19-;/m0./s1. The van der Waals surface area contributed by atoms with Gasteiger partial charge in [-0.1, -0.05) is 89.2 Å². The highest BCUT2D eigenvalue weighted by Gasteiger charge is 2.40. The Morgan fingerprint density at radius 2 is 1.52 bits per heavy atom. The summed E-state index contributed by atoms with van der Waals surface area (Å²) < 4.78 is 0. The molecule has 1 fully saturated rings. The maximum absolute atomic E-state index is 12.6. The predicted molar refractivity (Wildman–Crippen MR) is 111 cm³/mol. The molecular formula is C24H31NO2. The third-order valence-corrected chi connectivity index (χ3v) is 4.72. The summed E-state index contributed by atoms with van der Waals surface area (Å²) in [6.45, 7) is 9.60. The summed E-state index contributed by atoms with van der Waals surface area (Å²) in [6.07, 6.45) is 1.94. The van der Waals surface area contributed by atoms with Crippen LogP contribution in [0.25, 0.3) is 11.1 Å². The minimum absolute atomic E-state index is 0.0261. The molecule has 1 aliphatic heterocycles. The van der Waals surface area contributed by atoms with Crippen molar-refractivity contribution in [3.8, 4) is 11.1 Å². The van der Waals surface area contributed by atoms with Gasteiger partial charge in [0.1, 0.15) is 0 Å². The molecule has 0 N–H and O–H groups in total. The van der Waals surface area contributed by atoms with Crippen molar-refractivity contribution >= 4 is 11.8 Å². The number of imide groups is 1. The van der Waals surface area contributed by atoms with E-state index in [-0.39, 0.29) is 17.9 Å². The van der Waals surface area contributed by atoms with Gasteiger partial charge in [-0.25, -0.2) is 0 Å². The minimum Gasteiger partial charge on any atom is -0.279 e. The highest BCUT2D eigenvalue weighted by molar-refractivity contribution is 5.99. The lowest BCUT2D eigenvalue weighted by Crippen LogP contribution is -2.45. The average Bonchev–Trinajstić information content (AvgIpc) is 3.03. The fourth-order valence-corrected chi connectivity index (χ4v) is 3.31. The smallest absolute Gasteiger partial charge is 0.234 e. The predicted octanol–water partition coefficient (Wildman–Crippen LogP) is 5.49. The molecule has 0 unspecified atom stereocenters. The van der Waals surface area contributed by atoms with Gasteiger partial charge >= 0.3 is 0 Å². The molecule has 0 aliphatic carbocycles. The van der Waals surface area contributed by atoms with Gasteiger partial charge in [0.2, 0.25) is 11.8 Å². The third kappa shape index (κ3) is 5.06. The van der Waals surface area contributed by atoms with Crippen LogP contribution in [0.15, 0.2) is 54.6 Å². The molecular weight excluding hydrogens is 334 g/mol. The number of carbonyl (C=O) groups is 2. The molecule has 1 aliphatic rings. The lowest BCUT2D eigenvalue weighted by molar-refractivity contribution is -0.149. The quantitative estimate of drug-likeness (QED) is 0.721. The number of benzene rings is 2. The average molecular weight is 366 g/mol. The van der Waals surface area contributed by atoms with Crippen molar-refractivity contribution in [3.63, 3.8) is 0 Å². The van der Waals surface area contributed by atoms with E-state index in [1.807, 2.05) is 52.8 Å². The van der Waals surface area contributed by atoms with E-state index in [1.165, 1.54) is 16.0 Å². The molecule has 1 atom stereocenters. The van der Waals surface area contributed by atoms with Gasteiger partial charge in [-0.15, -0.1) is 0 Å². The van der Waals surface area contributed by atoms with Crippen LogP contribution in [-0.2, 0) is 16.0 Å². The minimum atomic E-state index is -0.532. The SMILES string of the molecule is CC.CC(C)(C)C(=O)N1C(=O)CC[C@H]1Cc1ccc(-c2ccccc2)cc1. The van der Waals surface area contributed by atoms with Gasteiger partial charge < -0.3 is 0 Å². The van der Waals surface area contributed by atoms with Crippen LogP contribution in [0, 0.1) is 5.41 Å². The Morgan fingerprint density at radius 1 is 0.963 bits per heavy atom. The zero-order valence-corrected chi connectivity index (χ0v) is 17.2. The van der Waals surface area contributed by atoms with Crippen molar-refractivity contribution < 1.29 is 9.59 Å². The Kier molecular flexibility index (Phi) is 6.95. The summed E-state index contributed by atoms with van der Waals surface area (Å²) in [4.78, 5) is 26.3. The number of nitrogens with zero attached hydrogens (tertiary/aromatic N) is 1. The number of carbonyl (C=O) groups excluding carboxylic acids is 2. The Balaban J connectivity index is 0.00000126. The Hall–Kier alpha value is -2.42. The van der Waals surface area contributed by atoms with Crippen LogP contribution in [-0.4, -0.2) is 22.8 Å². The van der Waals surface area contributed by atoms with Crippen LogP contribution in [0.4, 0.5) is 0 Å². The van der Waals surface area contributed by atoms with Gasteiger partial charge in [-0.2, -0.15) is 0 Å². The number of hydrogen-bond donors (Lipinski definition) is 0. The molecule has 0 radical (unpaired) electrons. The van der Waals surface area contributed by atoms with E-state index in [1.54, 1.807) is 0 Å². The first-order valence-electron chi connectivity index (χ1n) is 9.87. The molecule has 144 valence electrons. The van der Waals surface area contributed by atoms with Crippen molar-refractivity contribution in [2.75, 3.05) is 0 Å². The van der Waals surface area contributed by atoms with E-state index in [9.17, 15) is 9.59 Å². The van der Waals surface area contributed by atoms with Crippen LogP contribution in [0.3, 0.4) is 0 Å². The van der Waals surface area contributed by atoms with Gasteiger partial charge in [0.25, 0.3) is 0 Å². The summed E-state index contributed by atoms with van der Waals surface area (Å²) in [6, 6.07) is 18.7. The molecule has 27 heavy (non-hydrogen) atoms. The molecule has 3 nitrogen and oxygen atoms in total. The first-order valence-corrected chi connectivity index (χ1v) is 9.87. The Labute approximate surface area is 163 Å². The summed E-state index contributed by atoms with van der Waals surface area (Å²) in [5.41, 5.74) is 2.99. The van der Waals surface area contributed by atoms with Crippen molar-refractivity contribution in [3.05, 3.63) is 60.2 Å².